The third kappa shape index (κ3) is 2.96. The molecule has 0 unspecified atom stereocenters. The van der Waals surface area contributed by atoms with Crippen LogP contribution in [0, 0.1) is 0 Å². The SMILES string of the molecule is COC(=O)c1nnn(C2CCCCCC2)c1C(C)C. The number of nitrogens with zero attached hydrogens (tertiary/aromatic N) is 3. The van der Waals surface area contributed by atoms with Gasteiger partial charge in [0.1, 0.15) is 0 Å². The smallest absolute Gasteiger partial charge is 0.360 e. The van der Waals surface area contributed by atoms with Crippen LogP contribution in [0.5, 0.6) is 0 Å². The Balaban J connectivity index is 2.33. The van der Waals surface area contributed by atoms with Crippen LogP contribution in [0.4, 0.5) is 0 Å². The fourth-order valence-electron chi connectivity index (χ4n) is 2.85. The number of esters is 1. The Morgan fingerprint density at radius 3 is 2.42 bits per heavy atom. The number of rotatable bonds is 3. The van der Waals surface area contributed by atoms with E-state index in [1.165, 1.54) is 32.8 Å². The van der Waals surface area contributed by atoms with E-state index < -0.39 is 0 Å². The molecular formula is C14H23N3O2. The minimum absolute atomic E-state index is 0.215. The van der Waals surface area contributed by atoms with Gasteiger partial charge in [0.15, 0.2) is 5.69 Å². The molecule has 1 aliphatic carbocycles. The molecule has 0 saturated heterocycles. The molecule has 1 fully saturated rings. The number of ether oxygens (including phenoxy) is 1. The monoisotopic (exact) mass is 265 g/mol. The second-order valence-electron chi connectivity index (χ2n) is 5.56. The number of carbonyl (C=O) groups excluding carboxylic acids is 1. The maximum Gasteiger partial charge on any atom is 0.360 e. The zero-order valence-electron chi connectivity index (χ0n) is 12.1. The molecule has 19 heavy (non-hydrogen) atoms. The van der Waals surface area contributed by atoms with Crippen molar-refractivity contribution >= 4 is 5.97 Å². The van der Waals surface area contributed by atoms with E-state index in [0.29, 0.717) is 11.7 Å². The van der Waals surface area contributed by atoms with Crippen molar-refractivity contribution < 1.29 is 9.53 Å². The summed E-state index contributed by atoms with van der Waals surface area (Å²) in [5.74, 6) is -0.170. The second kappa shape index (κ2) is 6.17. The lowest BCUT2D eigenvalue weighted by molar-refractivity contribution is 0.0592. The van der Waals surface area contributed by atoms with Crippen LogP contribution in [0.25, 0.3) is 0 Å². The van der Waals surface area contributed by atoms with Crippen LogP contribution in [0.1, 0.15) is 80.5 Å². The lowest BCUT2D eigenvalue weighted by atomic mass is 10.0. The van der Waals surface area contributed by atoms with Gasteiger partial charge in [0, 0.05) is 0 Å². The predicted octanol–water partition coefficient (Wildman–Crippen LogP) is 3.08. The van der Waals surface area contributed by atoms with Gasteiger partial charge in [0.25, 0.3) is 0 Å². The average molecular weight is 265 g/mol. The van der Waals surface area contributed by atoms with Crippen molar-refractivity contribution in [3.8, 4) is 0 Å². The van der Waals surface area contributed by atoms with Crippen LogP contribution in [-0.4, -0.2) is 28.1 Å². The quantitative estimate of drug-likeness (QED) is 0.622. The van der Waals surface area contributed by atoms with E-state index in [1.54, 1.807) is 0 Å². The van der Waals surface area contributed by atoms with Crippen molar-refractivity contribution in [2.24, 2.45) is 0 Å². The molecule has 5 nitrogen and oxygen atoms in total. The van der Waals surface area contributed by atoms with E-state index in [-0.39, 0.29) is 11.9 Å². The molecule has 1 heterocycles. The Kier molecular flexibility index (Phi) is 4.56. The molecule has 106 valence electrons. The van der Waals surface area contributed by atoms with Crippen molar-refractivity contribution in [3.05, 3.63) is 11.4 Å². The summed E-state index contributed by atoms with van der Waals surface area (Å²) in [4.78, 5) is 11.8. The van der Waals surface area contributed by atoms with Gasteiger partial charge in [-0.25, -0.2) is 9.48 Å². The Morgan fingerprint density at radius 2 is 1.89 bits per heavy atom. The Labute approximate surface area is 114 Å². The molecule has 0 atom stereocenters. The highest BCUT2D eigenvalue weighted by molar-refractivity contribution is 5.88. The lowest BCUT2D eigenvalue weighted by Crippen LogP contribution is -2.16. The van der Waals surface area contributed by atoms with Gasteiger partial charge in [0.2, 0.25) is 0 Å². The molecule has 0 spiro atoms. The second-order valence-corrected chi connectivity index (χ2v) is 5.56. The largest absolute Gasteiger partial charge is 0.464 e. The highest BCUT2D eigenvalue weighted by Crippen LogP contribution is 2.30. The first-order chi connectivity index (χ1) is 9.15. The van der Waals surface area contributed by atoms with Gasteiger partial charge >= 0.3 is 5.97 Å². The summed E-state index contributed by atoms with van der Waals surface area (Å²) in [7, 11) is 1.39. The molecule has 1 aliphatic rings. The number of carbonyl (C=O) groups is 1. The summed E-state index contributed by atoms with van der Waals surface area (Å²) >= 11 is 0. The number of hydrogen-bond donors (Lipinski definition) is 0. The molecule has 0 radical (unpaired) electrons. The van der Waals surface area contributed by atoms with Crippen LogP contribution in [0.3, 0.4) is 0 Å². The van der Waals surface area contributed by atoms with Crippen LogP contribution < -0.4 is 0 Å². The molecular weight excluding hydrogens is 242 g/mol. The number of methoxy groups -OCH3 is 1. The van der Waals surface area contributed by atoms with E-state index >= 15 is 0 Å². The first-order valence-corrected chi connectivity index (χ1v) is 7.18. The molecule has 0 bridgehead atoms. The van der Waals surface area contributed by atoms with E-state index in [1.807, 2.05) is 4.68 Å². The van der Waals surface area contributed by atoms with Gasteiger partial charge in [0.05, 0.1) is 18.8 Å². The van der Waals surface area contributed by atoms with Crippen molar-refractivity contribution in [2.45, 2.75) is 64.3 Å². The van der Waals surface area contributed by atoms with E-state index in [9.17, 15) is 4.79 Å². The Morgan fingerprint density at radius 1 is 1.26 bits per heavy atom. The molecule has 2 rings (SSSR count). The summed E-state index contributed by atoms with van der Waals surface area (Å²) in [6, 6.07) is 0.380. The fraction of sp³-hybridized carbons (Fsp3) is 0.786. The average Bonchev–Trinajstić information content (AvgIpc) is 2.66. The standard InChI is InChI=1S/C14H23N3O2/c1-10(2)13-12(14(18)19-3)15-16-17(13)11-8-6-4-5-7-9-11/h10-11H,4-9H2,1-3H3. The first kappa shape index (κ1) is 14.0. The summed E-state index contributed by atoms with van der Waals surface area (Å²) in [6.07, 6.45) is 7.32. The fourth-order valence-corrected chi connectivity index (χ4v) is 2.85. The third-order valence-corrected chi connectivity index (χ3v) is 3.83. The van der Waals surface area contributed by atoms with E-state index in [2.05, 4.69) is 24.2 Å². The molecule has 1 aromatic rings. The third-order valence-electron chi connectivity index (χ3n) is 3.83. The normalized spacial score (nSPS) is 17.5. The molecule has 5 heteroatoms. The zero-order chi connectivity index (χ0) is 13.8. The predicted molar refractivity (Wildman–Crippen MR) is 72.2 cm³/mol. The molecule has 1 aromatic heterocycles. The van der Waals surface area contributed by atoms with Crippen LogP contribution in [0.15, 0.2) is 0 Å². The first-order valence-electron chi connectivity index (χ1n) is 7.18. The minimum atomic E-state index is -0.386. The number of hydrogen-bond acceptors (Lipinski definition) is 4. The van der Waals surface area contributed by atoms with Gasteiger partial charge in [-0.05, 0) is 18.8 Å². The molecule has 0 amide bonds. The highest BCUT2D eigenvalue weighted by atomic mass is 16.5. The Bertz CT molecular complexity index is 432. The van der Waals surface area contributed by atoms with Gasteiger partial charge in [-0.15, -0.1) is 5.10 Å². The van der Waals surface area contributed by atoms with Crippen LogP contribution >= 0.6 is 0 Å². The highest BCUT2D eigenvalue weighted by Gasteiger charge is 2.26. The summed E-state index contributed by atoms with van der Waals surface area (Å²) < 4.78 is 6.77. The van der Waals surface area contributed by atoms with Crippen molar-refractivity contribution in [1.82, 2.24) is 15.0 Å². The van der Waals surface area contributed by atoms with Crippen molar-refractivity contribution in [1.29, 1.82) is 0 Å². The van der Waals surface area contributed by atoms with Gasteiger partial charge < -0.3 is 4.74 Å². The molecule has 0 aliphatic heterocycles. The van der Waals surface area contributed by atoms with Crippen molar-refractivity contribution in [3.63, 3.8) is 0 Å². The van der Waals surface area contributed by atoms with Gasteiger partial charge in [-0.3, -0.25) is 0 Å². The minimum Gasteiger partial charge on any atom is -0.464 e. The lowest BCUT2D eigenvalue weighted by Gasteiger charge is -2.19. The topological polar surface area (TPSA) is 57.0 Å². The van der Waals surface area contributed by atoms with E-state index in [4.69, 9.17) is 4.74 Å². The van der Waals surface area contributed by atoms with Crippen LogP contribution in [0.2, 0.25) is 0 Å². The van der Waals surface area contributed by atoms with Crippen LogP contribution in [-0.2, 0) is 4.74 Å². The molecule has 1 saturated carbocycles. The van der Waals surface area contributed by atoms with Gasteiger partial charge in [-0.1, -0.05) is 44.7 Å². The number of aromatic nitrogens is 3. The van der Waals surface area contributed by atoms with Gasteiger partial charge in [-0.2, -0.15) is 0 Å². The molecule has 0 N–H and O–H groups in total. The summed E-state index contributed by atoms with van der Waals surface area (Å²) in [6.45, 7) is 4.14. The maximum absolute atomic E-state index is 11.8. The summed E-state index contributed by atoms with van der Waals surface area (Å²) in [5.41, 5.74) is 1.29. The zero-order valence-corrected chi connectivity index (χ0v) is 12.1. The maximum atomic E-state index is 11.8. The molecule has 0 aromatic carbocycles. The Hall–Kier alpha value is -1.39. The van der Waals surface area contributed by atoms with Crippen molar-refractivity contribution in [2.75, 3.05) is 7.11 Å². The van der Waals surface area contributed by atoms with E-state index in [0.717, 1.165) is 18.5 Å². The summed E-state index contributed by atoms with van der Waals surface area (Å²) in [5, 5.41) is 8.29.